The lowest BCUT2D eigenvalue weighted by Gasteiger charge is -2.36. The van der Waals surface area contributed by atoms with Crippen LogP contribution in [0.15, 0.2) is 30.3 Å². The molecule has 2 saturated heterocycles. The number of hydrogen-bond donors (Lipinski definition) is 1. The van der Waals surface area contributed by atoms with Gasteiger partial charge in [-0.2, -0.15) is 0 Å². The van der Waals surface area contributed by atoms with Crippen LogP contribution in [0.1, 0.15) is 18.4 Å². The third-order valence-electron chi connectivity index (χ3n) is 4.40. The Morgan fingerprint density at radius 2 is 2.00 bits per heavy atom. The molecule has 1 aromatic carbocycles. The van der Waals surface area contributed by atoms with Gasteiger partial charge < -0.3 is 20.1 Å². The highest BCUT2D eigenvalue weighted by Gasteiger charge is 2.34. The van der Waals surface area contributed by atoms with Crippen molar-refractivity contribution in [2.24, 2.45) is 5.73 Å². The second-order valence-corrected chi connectivity index (χ2v) is 6.04. The highest BCUT2D eigenvalue weighted by atomic mass is 16.5. The first kappa shape index (κ1) is 15.5. The molecule has 3 atom stereocenters. The van der Waals surface area contributed by atoms with Gasteiger partial charge in [0.2, 0.25) is 5.91 Å². The Kier molecular flexibility index (Phi) is 5.08. The van der Waals surface area contributed by atoms with Crippen molar-refractivity contribution in [3.05, 3.63) is 35.9 Å². The molecular formula is C17H24N2O3. The minimum absolute atomic E-state index is 0.00940. The standard InChI is InChI=1S/C17H24N2O3/c18-14(11-13-5-2-1-3-6-13)17(20)19-8-10-22-16(12-19)15-7-4-9-21-15/h1-3,5-6,14-16H,4,7-12,18H2/t14-,15?,16?/m0/s1. The number of nitrogens with zero attached hydrogens (tertiary/aromatic N) is 1. The van der Waals surface area contributed by atoms with Crippen molar-refractivity contribution in [2.45, 2.75) is 37.5 Å². The average molecular weight is 304 g/mol. The first-order chi connectivity index (χ1) is 10.7. The van der Waals surface area contributed by atoms with E-state index in [2.05, 4.69) is 0 Å². The molecule has 1 amide bonds. The van der Waals surface area contributed by atoms with Crippen molar-refractivity contribution in [1.82, 2.24) is 4.90 Å². The number of carbonyl (C=O) groups is 1. The molecule has 3 rings (SSSR count). The summed E-state index contributed by atoms with van der Waals surface area (Å²) in [5, 5.41) is 0. The normalized spacial score (nSPS) is 26.9. The molecule has 2 heterocycles. The van der Waals surface area contributed by atoms with Crippen LogP contribution in [-0.4, -0.2) is 55.4 Å². The first-order valence-electron chi connectivity index (χ1n) is 8.05. The molecule has 5 heteroatoms. The Labute approximate surface area is 131 Å². The van der Waals surface area contributed by atoms with Crippen LogP contribution in [0.25, 0.3) is 0 Å². The molecule has 0 aromatic heterocycles. The summed E-state index contributed by atoms with van der Waals surface area (Å²) in [6.07, 6.45) is 2.78. The summed E-state index contributed by atoms with van der Waals surface area (Å²) in [4.78, 5) is 14.4. The van der Waals surface area contributed by atoms with Gasteiger partial charge in [0.15, 0.2) is 0 Å². The topological polar surface area (TPSA) is 64.8 Å². The number of carbonyl (C=O) groups excluding carboxylic acids is 1. The summed E-state index contributed by atoms with van der Waals surface area (Å²) in [6.45, 7) is 2.57. The summed E-state index contributed by atoms with van der Waals surface area (Å²) < 4.78 is 11.5. The van der Waals surface area contributed by atoms with Gasteiger partial charge in [0.05, 0.1) is 18.8 Å². The van der Waals surface area contributed by atoms with Crippen molar-refractivity contribution >= 4 is 5.91 Å². The van der Waals surface area contributed by atoms with E-state index in [0.29, 0.717) is 26.1 Å². The van der Waals surface area contributed by atoms with Crippen LogP contribution in [0.5, 0.6) is 0 Å². The SMILES string of the molecule is N[C@@H](Cc1ccccc1)C(=O)N1CCOC(C2CCCO2)C1. The summed E-state index contributed by atoms with van der Waals surface area (Å²) in [5.41, 5.74) is 7.21. The van der Waals surface area contributed by atoms with Gasteiger partial charge in [0.25, 0.3) is 0 Å². The largest absolute Gasteiger partial charge is 0.375 e. The summed E-state index contributed by atoms with van der Waals surface area (Å²) in [7, 11) is 0. The molecule has 2 unspecified atom stereocenters. The smallest absolute Gasteiger partial charge is 0.239 e. The fourth-order valence-corrected chi connectivity index (χ4v) is 3.19. The van der Waals surface area contributed by atoms with E-state index in [1.165, 1.54) is 0 Å². The number of amides is 1. The molecular weight excluding hydrogens is 280 g/mol. The number of hydrogen-bond acceptors (Lipinski definition) is 4. The van der Waals surface area contributed by atoms with Gasteiger partial charge in [-0.1, -0.05) is 30.3 Å². The third kappa shape index (κ3) is 3.66. The molecule has 2 fully saturated rings. The minimum atomic E-state index is -0.495. The molecule has 0 saturated carbocycles. The molecule has 0 radical (unpaired) electrons. The quantitative estimate of drug-likeness (QED) is 0.900. The predicted octanol–water partition coefficient (Wildman–Crippen LogP) is 0.963. The van der Waals surface area contributed by atoms with Crippen molar-refractivity contribution in [1.29, 1.82) is 0 Å². The zero-order chi connectivity index (χ0) is 15.4. The first-order valence-corrected chi connectivity index (χ1v) is 8.05. The lowest BCUT2D eigenvalue weighted by atomic mass is 10.0. The molecule has 2 N–H and O–H groups in total. The highest BCUT2D eigenvalue weighted by Crippen LogP contribution is 2.21. The molecule has 5 nitrogen and oxygen atoms in total. The van der Waals surface area contributed by atoms with Crippen LogP contribution in [0.2, 0.25) is 0 Å². The predicted molar refractivity (Wildman–Crippen MR) is 83.4 cm³/mol. The van der Waals surface area contributed by atoms with E-state index in [-0.39, 0.29) is 18.1 Å². The molecule has 0 bridgehead atoms. The van der Waals surface area contributed by atoms with Crippen LogP contribution in [0, 0.1) is 0 Å². The summed E-state index contributed by atoms with van der Waals surface area (Å²) in [6, 6.07) is 9.41. The average Bonchev–Trinajstić information content (AvgIpc) is 3.10. The molecule has 120 valence electrons. The lowest BCUT2D eigenvalue weighted by molar-refractivity contribution is -0.146. The van der Waals surface area contributed by atoms with Gasteiger partial charge in [0.1, 0.15) is 6.10 Å². The van der Waals surface area contributed by atoms with Crippen molar-refractivity contribution in [3.8, 4) is 0 Å². The highest BCUT2D eigenvalue weighted by molar-refractivity contribution is 5.82. The van der Waals surface area contributed by atoms with E-state index in [1.54, 1.807) is 0 Å². The molecule has 2 aliphatic rings. The van der Waals surface area contributed by atoms with Gasteiger partial charge in [-0.15, -0.1) is 0 Å². The molecule has 2 aliphatic heterocycles. The zero-order valence-electron chi connectivity index (χ0n) is 12.8. The summed E-state index contributed by atoms with van der Waals surface area (Å²) >= 11 is 0. The monoisotopic (exact) mass is 304 g/mol. The fourth-order valence-electron chi connectivity index (χ4n) is 3.19. The minimum Gasteiger partial charge on any atom is -0.375 e. The maximum absolute atomic E-state index is 12.6. The number of morpholine rings is 1. The molecule has 0 spiro atoms. The Hall–Kier alpha value is -1.43. The van der Waals surface area contributed by atoms with Crippen LogP contribution >= 0.6 is 0 Å². The zero-order valence-corrected chi connectivity index (χ0v) is 12.8. The van der Waals surface area contributed by atoms with Crippen LogP contribution < -0.4 is 5.73 Å². The van der Waals surface area contributed by atoms with Crippen molar-refractivity contribution in [2.75, 3.05) is 26.3 Å². The fraction of sp³-hybridized carbons (Fsp3) is 0.588. The van der Waals surface area contributed by atoms with Gasteiger partial charge in [-0.25, -0.2) is 0 Å². The lowest BCUT2D eigenvalue weighted by Crippen LogP contribution is -2.54. The maximum Gasteiger partial charge on any atom is 0.239 e. The van der Waals surface area contributed by atoms with Crippen LogP contribution in [-0.2, 0) is 20.7 Å². The summed E-state index contributed by atoms with van der Waals surface area (Å²) in [5.74, 6) is 0.00940. The Bertz CT molecular complexity index is 488. The van der Waals surface area contributed by atoms with Gasteiger partial charge in [-0.05, 0) is 24.8 Å². The van der Waals surface area contributed by atoms with Gasteiger partial charge in [-0.3, -0.25) is 4.79 Å². The Morgan fingerprint density at radius 3 is 2.73 bits per heavy atom. The van der Waals surface area contributed by atoms with E-state index < -0.39 is 6.04 Å². The number of benzene rings is 1. The van der Waals surface area contributed by atoms with Gasteiger partial charge >= 0.3 is 0 Å². The third-order valence-corrected chi connectivity index (χ3v) is 4.40. The van der Waals surface area contributed by atoms with E-state index in [4.69, 9.17) is 15.2 Å². The van der Waals surface area contributed by atoms with E-state index in [9.17, 15) is 4.79 Å². The second kappa shape index (κ2) is 7.22. The van der Waals surface area contributed by atoms with Gasteiger partial charge in [0, 0.05) is 19.7 Å². The van der Waals surface area contributed by atoms with E-state index >= 15 is 0 Å². The number of nitrogens with two attached hydrogens (primary N) is 1. The number of rotatable bonds is 4. The Morgan fingerprint density at radius 1 is 1.23 bits per heavy atom. The Balaban J connectivity index is 1.56. The molecule has 22 heavy (non-hydrogen) atoms. The molecule has 0 aliphatic carbocycles. The number of ether oxygens (including phenoxy) is 2. The van der Waals surface area contributed by atoms with E-state index in [1.807, 2.05) is 35.2 Å². The van der Waals surface area contributed by atoms with E-state index in [0.717, 1.165) is 25.0 Å². The molecule has 1 aromatic rings. The maximum atomic E-state index is 12.6. The van der Waals surface area contributed by atoms with Crippen LogP contribution in [0.4, 0.5) is 0 Å². The van der Waals surface area contributed by atoms with Crippen molar-refractivity contribution in [3.63, 3.8) is 0 Å². The second-order valence-electron chi connectivity index (χ2n) is 6.04. The van der Waals surface area contributed by atoms with Crippen LogP contribution in [0.3, 0.4) is 0 Å². The van der Waals surface area contributed by atoms with Crippen molar-refractivity contribution < 1.29 is 14.3 Å².